The minimum Gasteiger partial charge on any atom is -0.265 e. The molecule has 0 saturated heterocycles. The standard InChI is InChI=1S/C25H16.3C11H9N.4C2H6.CH3F/c1-5-13-21-17(9-1)18-10-2-6-14-22(18)25(21)23-15-7-3-11-19(23)20-12-4-8-16-24(20)25;1-2-6-10(7-3-1)11-8-4-5-9-12-11;1-2-5-10(6-3-1)11-7-4-8-12-9-11;1-2-4-10(5-3-1)11-6-8-12-9-7-11;5*1-2/h1-16H;3*1-9H;4*1-2H3;1H3. The first-order chi connectivity index (χ1) is 35.3. The molecule has 3 heterocycles. The highest BCUT2D eigenvalue weighted by molar-refractivity contribution is 5.94. The van der Waals surface area contributed by atoms with Crippen molar-refractivity contribution in [3.63, 3.8) is 0 Å². The molecule has 0 radical (unpaired) electrons. The average Bonchev–Trinajstić information content (AvgIpc) is 3.97. The molecule has 7 aromatic carbocycles. The summed E-state index contributed by atoms with van der Waals surface area (Å²) < 4.78 is 9.50. The van der Waals surface area contributed by atoms with Gasteiger partial charge in [-0.25, -0.2) is 0 Å². The van der Waals surface area contributed by atoms with Crippen molar-refractivity contribution >= 4 is 0 Å². The molecule has 0 bridgehead atoms. The summed E-state index contributed by atoms with van der Waals surface area (Å²) in [6.45, 7) is 16.0. The second-order valence-electron chi connectivity index (χ2n) is 14.7. The molecule has 3 nitrogen and oxygen atoms in total. The van der Waals surface area contributed by atoms with E-state index in [0.29, 0.717) is 7.18 Å². The fourth-order valence-electron chi connectivity index (χ4n) is 8.53. The second kappa shape index (κ2) is 31.1. The van der Waals surface area contributed by atoms with Crippen molar-refractivity contribution < 1.29 is 4.39 Å². The van der Waals surface area contributed by atoms with E-state index in [1.165, 1.54) is 61.2 Å². The van der Waals surface area contributed by atoms with Gasteiger partial charge in [-0.1, -0.05) is 256 Å². The normalized spacial score (nSPS) is 10.5. The Bertz CT molecular complexity index is 2470. The van der Waals surface area contributed by atoms with Crippen molar-refractivity contribution in [2.75, 3.05) is 7.18 Å². The molecule has 0 fully saturated rings. The highest BCUT2D eigenvalue weighted by atomic mass is 19.1. The van der Waals surface area contributed by atoms with Crippen molar-refractivity contribution in [2.24, 2.45) is 0 Å². The van der Waals surface area contributed by atoms with Crippen LogP contribution in [0.4, 0.5) is 4.39 Å². The van der Waals surface area contributed by atoms with E-state index >= 15 is 0 Å². The van der Waals surface area contributed by atoms with E-state index < -0.39 is 0 Å². The molecule has 0 saturated carbocycles. The van der Waals surface area contributed by atoms with Gasteiger partial charge >= 0.3 is 0 Å². The van der Waals surface area contributed by atoms with Crippen LogP contribution in [-0.4, -0.2) is 22.1 Å². The maximum absolute atomic E-state index is 9.50. The Morgan fingerprint density at radius 3 is 0.958 bits per heavy atom. The maximum atomic E-state index is 9.50. The van der Waals surface area contributed by atoms with E-state index in [2.05, 4.69) is 154 Å². The van der Waals surface area contributed by atoms with Crippen LogP contribution in [0.25, 0.3) is 55.8 Å². The maximum Gasteiger partial charge on any atom is 0.0785 e. The molecule has 3 aromatic heterocycles. The zero-order chi connectivity index (χ0) is 51.1. The summed E-state index contributed by atoms with van der Waals surface area (Å²) in [5.74, 6) is 0. The van der Waals surface area contributed by atoms with Crippen LogP contribution in [0.1, 0.15) is 77.6 Å². The Hall–Kier alpha value is -8.08. The number of nitrogens with zero attached hydrogens (tertiary/aromatic N) is 3. The zero-order valence-corrected chi connectivity index (χ0v) is 43.0. The molecule has 71 heavy (non-hydrogen) atoms. The molecule has 0 amide bonds. The minimum atomic E-state index is -0.180. The summed E-state index contributed by atoms with van der Waals surface area (Å²) >= 11 is 0. The van der Waals surface area contributed by atoms with Crippen molar-refractivity contribution in [1.82, 2.24) is 15.0 Å². The van der Waals surface area contributed by atoms with Gasteiger partial charge in [0.2, 0.25) is 0 Å². The minimum absolute atomic E-state index is 0.180. The fraction of sp³-hybridized carbons (Fsp3) is 0.149. The van der Waals surface area contributed by atoms with Gasteiger partial charge in [0.25, 0.3) is 0 Å². The lowest BCUT2D eigenvalue weighted by Gasteiger charge is -2.30. The summed E-state index contributed by atoms with van der Waals surface area (Å²) in [4.78, 5) is 12.3. The van der Waals surface area contributed by atoms with Crippen molar-refractivity contribution in [3.05, 3.63) is 284 Å². The number of hydrogen-bond acceptors (Lipinski definition) is 3. The van der Waals surface area contributed by atoms with Gasteiger partial charge in [0.1, 0.15) is 0 Å². The number of benzene rings is 7. The van der Waals surface area contributed by atoms with Gasteiger partial charge < -0.3 is 0 Å². The Balaban J connectivity index is 0.000000205. The Labute approximate surface area is 424 Å². The average molecular weight is 936 g/mol. The quantitative estimate of drug-likeness (QED) is 0.177. The molecule has 1 spiro atoms. The number of fused-ring (bicyclic) bond motifs is 10. The van der Waals surface area contributed by atoms with Crippen molar-refractivity contribution in [2.45, 2.75) is 60.8 Å². The first kappa shape index (κ1) is 55.5. The van der Waals surface area contributed by atoms with E-state index in [1.54, 1.807) is 6.20 Å². The monoisotopic (exact) mass is 936 g/mol. The first-order valence-corrected chi connectivity index (χ1v) is 25.0. The predicted molar refractivity (Wildman–Crippen MR) is 304 cm³/mol. The summed E-state index contributed by atoms with van der Waals surface area (Å²) in [7, 11) is 0.500. The van der Waals surface area contributed by atoms with Crippen LogP contribution in [0.5, 0.6) is 0 Å². The SMILES string of the molecule is CC.CC.CC.CC.CF.c1ccc(-c2ccccn2)cc1.c1ccc(-c2cccnc2)cc1.c1ccc(-c2ccncc2)cc1.c1ccc2c(c1)-c1ccccc1C21c2ccccc2-c2ccccc21. The number of hydrogen-bond donors (Lipinski definition) is 0. The van der Waals surface area contributed by atoms with E-state index in [-0.39, 0.29) is 5.41 Å². The van der Waals surface area contributed by atoms with Crippen LogP contribution in [0.3, 0.4) is 0 Å². The largest absolute Gasteiger partial charge is 0.265 e. The van der Waals surface area contributed by atoms with E-state index in [1.807, 2.05) is 171 Å². The Kier molecular flexibility index (Phi) is 24.3. The fourth-order valence-corrected chi connectivity index (χ4v) is 8.53. The predicted octanol–water partition coefficient (Wildman–Crippen LogP) is 19.0. The van der Waals surface area contributed by atoms with Crippen molar-refractivity contribution in [1.29, 1.82) is 0 Å². The van der Waals surface area contributed by atoms with Gasteiger partial charge in [0.15, 0.2) is 0 Å². The number of aromatic nitrogens is 3. The Morgan fingerprint density at radius 1 is 0.268 bits per heavy atom. The molecule has 2 aliphatic rings. The van der Waals surface area contributed by atoms with Crippen LogP contribution in [0, 0.1) is 0 Å². The number of alkyl halides is 1. The summed E-state index contributed by atoms with van der Waals surface area (Å²) in [5, 5.41) is 0. The van der Waals surface area contributed by atoms with E-state index in [4.69, 9.17) is 0 Å². The van der Waals surface area contributed by atoms with Crippen LogP contribution in [0.2, 0.25) is 0 Å². The van der Waals surface area contributed by atoms with E-state index in [9.17, 15) is 4.39 Å². The summed E-state index contributed by atoms with van der Waals surface area (Å²) in [5.41, 5.74) is 17.9. The molecular formula is C67H70FN3. The lowest BCUT2D eigenvalue weighted by atomic mass is 9.70. The molecule has 0 unspecified atom stereocenters. The molecule has 360 valence electrons. The Morgan fingerprint density at radius 2 is 0.592 bits per heavy atom. The molecule has 0 atom stereocenters. The van der Waals surface area contributed by atoms with Gasteiger partial charge in [-0.3, -0.25) is 19.3 Å². The van der Waals surface area contributed by atoms with Crippen molar-refractivity contribution in [3.8, 4) is 55.8 Å². The van der Waals surface area contributed by atoms with Gasteiger partial charge in [-0.15, -0.1) is 0 Å². The molecular weight excluding hydrogens is 866 g/mol. The van der Waals surface area contributed by atoms with Gasteiger partial charge in [-0.2, -0.15) is 0 Å². The molecule has 0 aliphatic heterocycles. The molecule has 10 aromatic rings. The van der Waals surface area contributed by atoms with Crippen LogP contribution in [-0.2, 0) is 5.41 Å². The number of rotatable bonds is 3. The number of pyridine rings is 3. The first-order valence-electron chi connectivity index (χ1n) is 25.0. The molecule has 0 N–H and O–H groups in total. The third-order valence-electron chi connectivity index (χ3n) is 11.2. The molecule has 4 heteroatoms. The molecule has 12 rings (SSSR count). The number of halogens is 1. The van der Waals surface area contributed by atoms with E-state index in [0.717, 1.165) is 16.8 Å². The van der Waals surface area contributed by atoms with Gasteiger partial charge in [0, 0.05) is 36.5 Å². The lowest BCUT2D eigenvalue weighted by Crippen LogP contribution is -2.25. The van der Waals surface area contributed by atoms with Crippen LogP contribution < -0.4 is 0 Å². The second-order valence-corrected chi connectivity index (χ2v) is 14.7. The van der Waals surface area contributed by atoms with Crippen LogP contribution in [0.15, 0.2) is 262 Å². The van der Waals surface area contributed by atoms with Crippen LogP contribution >= 0.6 is 0 Å². The van der Waals surface area contributed by atoms with Gasteiger partial charge in [-0.05, 0) is 97.1 Å². The topological polar surface area (TPSA) is 38.7 Å². The van der Waals surface area contributed by atoms with Gasteiger partial charge in [0.05, 0.1) is 18.3 Å². The summed E-state index contributed by atoms with van der Waals surface area (Å²) in [6, 6.07) is 80.3. The highest BCUT2D eigenvalue weighted by Crippen LogP contribution is 2.62. The third kappa shape index (κ3) is 13.6. The zero-order valence-electron chi connectivity index (χ0n) is 43.0. The summed E-state index contributed by atoms with van der Waals surface area (Å²) in [6.07, 6.45) is 9.08. The third-order valence-corrected chi connectivity index (χ3v) is 11.2. The lowest BCUT2D eigenvalue weighted by molar-refractivity contribution is 0.636. The highest BCUT2D eigenvalue weighted by Gasteiger charge is 2.51. The molecule has 2 aliphatic carbocycles. The smallest absolute Gasteiger partial charge is 0.0785 e.